The van der Waals surface area contributed by atoms with Crippen LogP contribution in [-0.2, 0) is 64.7 Å². The molecule has 0 bridgehead atoms. The molecule has 0 atom stereocenters. The molecule has 351 valence electrons. The van der Waals surface area contributed by atoms with Gasteiger partial charge in [-0.2, -0.15) is 0 Å². The Balaban J connectivity index is 0.000000862. The van der Waals surface area contributed by atoms with Crippen LogP contribution in [0.3, 0.4) is 0 Å². The van der Waals surface area contributed by atoms with Gasteiger partial charge >= 0.3 is 11.9 Å². The predicted molar refractivity (Wildman–Crippen MR) is 280 cm³/mol. The molecule has 0 fully saturated rings. The fourth-order valence-electron chi connectivity index (χ4n) is 5.70. The molecule has 3 radical (unpaired) electrons. The zero-order valence-corrected chi connectivity index (χ0v) is 42.3. The first kappa shape index (κ1) is 58.9. The fourth-order valence-corrected chi connectivity index (χ4v) is 7.49. The van der Waals surface area contributed by atoms with Crippen molar-refractivity contribution in [2.45, 2.75) is 72.1 Å². The number of nitrogens with zero attached hydrogens (tertiary/aromatic N) is 3. The molecule has 66 heavy (non-hydrogen) atoms. The van der Waals surface area contributed by atoms with E-state index in [1.54, 1.807) is 14.0 Å². The van der Waals surface area contributed by atoms with Crippen molar-refractivity contribution in [1.29, 1.82) is 0 Å². The second-order valence-electron chi connectivity index (χ2n) is 14.1. The van der Waals surface area contributed by atoms with Crippen molar-refractivity contribution in [3.8, 4) is 0 Å². The minimum atomic E-state index is -0.755. The highest BCUT2D eigenvalue weighted by Crippen LogP contribution is 2.16. The zero-order chi connectivity index (χ0) is 47.0. The molecule has 4 aromatic carbocycles. The van der Waals surface area contributed by atoms with Crippen LogP contribution in [0, 0.1) is 0 Å². The van der Waals surface area contributed by atoms with Crippen LogP contribution >= 0.6 is 63.7 Å². The van der Waals surface area contributed by atoms with Gasteiger partial charge in [-0.25, -0.2) is 9.97 Å². The Bertz CT molecular complexity index is 2600. The molecule has 0 saturated carbocycles. The Morgan fingerprint density at radius 1 is 0.667 bits per heavy atom. The van der Waals surface area contributed by atoms with E-state index >= 15 is 0 Å². The number of aromatic nitrogens is 4. The predicted octanol–water partition coefficient (Wildman–Crippen LogP) is 9.68. The lowest BCUT2D eigenvalue weighted by atomic mass is 10.1. The van der Waals surface area contributed by atoms with Gasteiger partial charge in [-0.05, 0) is 116 Å². The summed E-state index contributed by atoms with van der Waals surface area (Å²) in [7, 11) is 1.61. The molecular formula is C48H56BBr4N6O7. The molecule has 0 unspecified atom stereocenters. The number of aliphatic carboxylic acids is 1. The van der Waals surface area contributed by atoms with E-state index in [9.17, 15) is 24.0 Å². The monoisotopic (exact) mass is 1160 g/mol. The van der Waals surface area contributed by atoms with Crippen molar-refractivity contribution in [3.63, 3.8) is 0 Å². The molecule has 0 spiro atoms. The van der Waals surface area contributed by atoms with Crippen LogP contribution in [0.1, 0.15) is 68.7 Å². The van der Waals surface area contributed by atoms with Crippen LogP contribution in [0.2, 0.25) is 0 Å². The van der Waals surface area contributed by atoms with Crippen molar-refractivity contribution < 1.29 is 25.7 Å². The molecule has 0 aliphatic carbocycles. The van der Waals surface area contributed by atoms with E-state index in [0.717, 1.165) is 47.6 Å². The summed E-state index contributed by atoms with van der Waals surface area (Å²) in [6, 6.07) is 34.6. The Hall–Kier alpha value is -5.17. The summed E-state index contributed by atoms with van der Waals surface area (Å²) in [5.74, 6) is -0.848. The lowest BCUT2D eigenvalue weighted by Gasteiger charge is -2.05. The summed E-state index contributed by atoms with van der Waals surface area (Å²) in [6.07, 6.45) is 4.75. The summed E-state index contributed by atoms with van der Waals surface area (Å²) in [5.41, 5.74) is 16.8. The van der Waals surface area contributed by atoms with E-state index in [0.29, 0.717) is 44.4 Å². The van der Waals surface area contributed by atoms with Gasteiger partial charge in [0.1, 0.15) is 12.2 Å². The van der Waals surface area contributed by atoms with Gasteiger partial charge in [0, 0.05) is 59.8 Å². The van der Waals surface area contributed by atoms with Crippen molar-refractivity contribution in [2.24, 2.45) is 7.05 Å². The SMILES string of the molecule is C.CCOC(=O)CC(=O)CCc1cccc(Br)c1.Cn1c(N)nc(CCc2cccc(Br)c2)cc1=O.Nc1nc(CCc2cccc(Br)c2)cc(=O)[nH]1.O=C(O)CCc1cccc(Br)c1.[2HH].[B]. The van der Waals surface area contributed by atoms with Crippen LogP contribution in [0.5, 0.6) is 0 Å². The van der Waals surface area contributed by atoms with E-state index in [2.05, 4.69) is 96.9 Å². The van der Waals surface area contributed by atoms with Gasteiger partial charge in [0.05, 0.1) is 18.0 Å². The number of nitrogen functional groups attached to an aromatic ring is 2. The molecule has 0 amide bonds. The quantitative estimate of drug-likeness (QED) is 0.0432. The average Bonchev–Trinajstić information content (AvgIpc) is 3.23. The van der Waals surface area contributed by atoms with Crippen LogP contribution in [0.4, 0.5) is 11.9 Å². The summed E-state index contributed by atoms with van der Waals surface area (Å²) in [4.78, 5) is 66.2. The molecule has 13 nitrogen and oxygen atoms in total. The zero-order valence-electron chi connectivity index (χ0n) is 35.9. The number of aryl methyl sites for hydroxylation is 6. The summed E-state index contributed by atoms with van der Waals surface area (Å²) < 4.78 is 10.1. The number of carboxylic acids is 1. The van der Waals surface area contributed by atoms with E-state index in [1.165, 1.54) is 27.8 Å². The third-order valence-electron chi connectivity index (χ3n) is 8.90. The Morgan fingerprint density at radius 2 is 1.09 bits per heavy atom. The fraction of sp³-hybridized carbons (Fsp3) is 0.271. The molecule has 6 N–H and O–H groups in total. The van der Waals surface area contributed by atoms with Crippen molar-refractivity contribution >= 4 is 102 Å². The Morgan fingerprint density at radius 3 is 1.48 bits per heavy atom. The van der Waals surface area contributed by atoms with Gasteiger partial charge in [-0.15, -0.1) is 0 Å². The summed E-state index contributed by atoms with van der Waals surface area (Å²) in [6.45, 7) is 2.04. The molecule has 0 aliphatic rings. The smallest absolute Gasteiger partial charge is 0.313 e. The number of anilines is 2. The number of Topliss-reactive ketones (excluding diaryl/α,β-unsaturated/α-hetero) is 1. The maximum absolute atomic E-state index is 11.6. The molecule has 0 saturated heterocycles. The van der Waals surface area contributed by atoms with Gasteiger partial charge in [0.25, 0.3) is 11.1 Å². The number of carbonyl (C=O) groups excluding carboxylic acids is 2. The van der Waals surface area contributed by atoms with Gasteiger partial charge in [-0.3, -0.25) is 33.5 Å². The topological polar surface area (TPSA) is 213 Å². The normalized spacial score (nSPS) is 9.91. The average molecular weight is 1160 g/mol. The molecular weight excluding hydrogens is 1100 g/mol. The third-order valence-corrected chi connectivity index (χ3v) is 10.9. The third kappa shape index (κ3) is 24.4. The number of carboxylic acid groups (broad SMARTS) is 1. The van der Waals surface area contributed by atoms with E-state index < -0.39 is 11.9 Å². The summed E-state index contributed by atoms with van der Waals surface area (Å²) in [5, 5.41) is 8.43. The van der Waals surface area contributed by atoms with Gasteiger partial charge in [-0.1, -0.05) is 120 Å². The Kier molecular flexibility index (Phi) is 28.3. The van der Waals surface area contributed by atoms with Crippen molar-refractivity contribution in [3.05, 3.63) is 181 Å². The summed E-state index contributed by atoms with van der Waals surface area (Å²) >= 11 is 13.5. The first-order valence-electron chi connectivity index (χ1n) is 20.0. The number of nitrogens with one attached hydrogen (secondary N) is 1. The highest BCUT2D eigenvalue weighted by molar-refractivity contribution is 9.11. The van der Waals surface area contributed by atoms with Gasteiger partial charge < -0.3 is 21.3 Å². The number of ketones is 1. The number of aromatic amines is 1. The highest BCUT2D eigenvalue weighted by atomic mass is 79.9. The molecule has 6 aromatic rings. The molecule has 0 aliphatic heterocycles. The molecule has 6 rings (SSSR count). The molecule has 18 heteroatoms. The number of carbonyl (C=O) groups is 3. The standard InChI is InChI=1S/C13H14BrN3O.C13H15BrO3.C12H12BrN3O.C9H9BrO2.CH4.B.H2/c1-17-12(18)8-11(16-13(17)15)6-5-9-3-2-4-10(14)7-9;1-2-17-13(16)9-12(15)7-6-10-4-3-5-11(14)8-10;13-9-3-1-2-8(6-9)4-5-10-7-11(17)16-12(14)15-10;10-8-3-1-2-7(6-8)4-5-9(11)12;;;/h2-4,7-8H,5-6H2,1H3,(H2,15,16);3-5,8H,2,6-7,9H2,1H3;1-3,6-7H,4-5H2,(H3,14,15,16,17);1-3,6H,4-5H2,(H,11,12);1H4;;1H/i;;;;;;1+1. The second kappa shape index (κ2) is 31.7. The highest BCUT2D eigenvalue weighted by Gasteiger charge is 2.10. The maximum Gasteiger partial charge on any atom is 0.313 e. The van der Waals surface area contributed by atoms with Crippen LogP contribution in [-0.4, -0.2) is 57.4 Å². The number of halogens is 4. The van der Waals surface area contributed by atoms with E-state index in [4.69, 9.17) is 21.3 Å². The van der Waals surface area contributed by atoms with Gasteiger partial charge in [0.15, 0.2) is 0 Å². The van der Waals surface area contributed by atoms with E-state index in [-0.39, 0.29) is 58.9 Å². The minimum Gasteiger partial charge on any atom is -0.481 e. The lowest BCUT2D eigenvalue weighted by Crippen LogP contribution is -2.21. The Labute approximate surface area is 422 Å². The minimum absolute atomic E-state index is 0. The van der Waals surface area contributed by atoms with Crippen molar-refractivity contribution in [1.82, 2.24) is 19.5 Å². The maximum atomic E-state index is 11.6. The molecule has 2 heterocycles. The first-order chi connectivity index (χ1) is 30.5. The largest absolute Gasteiger partial charge is 0.481 e. The first-order valence-corrected chi connectivity index (χ1v) is 23.2. The van der Waals surface area contributed by atoms with E-state index in [1.807, 2.05) is 78.9 Å². The molecule has 2 aromatic heterocycles. The van der Waals surface area contributed by atoms with Crippen molar-refractivity contribution in [2.75, 3.05) is 18.1 Å². The number of ether oxygens (including phenoxy) is 1. The number of hydrogen-bond donors (Lipinski definition) is 4. The van der Waals surface area contributed by atoms with Crippen LogP contribution in [0.15, 0.2) is 137 Å². The second-order valence-corrected chi connectivity index (χ2v) is 17.7. The number of rotatable bonds is 15. The number of benzene rings is 4. The number of esters is 1. The lowest BCUT2D eigenvalue weighted by molar-refractivity contribution is -0.145. The van der Waals surface area contributed by atoms with Gasteiger partial charge in [0.2, 0.25) is 11.9 Å². The number of nitrogens with two attached hydrogens (primary N) is 2. The van der Waals surface area contributed by atoms with Crippen LogP contribution in [0.25, 0.3) is 0 Å². The van der Waals surface area contributed by atoms with Crippen LogP contribution < -0.4 is 22.6 Å². The number of H-pyrrole nitrogens is 1. The number of hydrogen-bond acceptors (Lipinski definition) is 10.